The molecule has 0 saturated carbocycles. The lowest BCUT2D eigenvalue weighted by atomic mass is 10.0. The van der Waals surface area contributed by atoms with Gasteiger partial charge < -0.3 is 5.32 Å². The molecule has 1 atom stereocenters. The Bertz CT molecular complexity index is 893. The fourth-order valence-electron chi connectivity index (χ4n) is 3.15. The summed E-state index contributed by atoms with van der Waals surface area (Å²) in [5.41, 5.74) is 3.38. The fraction of sp³-hybridized carbons (Fsp3) is 0.316. The van der Waals surface area contributed by atoms with Gasteiger partial charge in [0.2, 0.25) is 15.9 Å². The molecule has 2 aromatic carbocycles. The third kappa shape index (κ3) is 3.75. The van der Waals surface area contributed by atoms with E-state index in [9.17, 15) is 13.2 Å². The summed E-state index contributed by atoms with van der Waals surface area (Å²) in [7, 11) is -3.63. The second-order valence-electron chi connectivity index (χ2n) is 6.40. The van der Waals surface area contributed by atoms with Crippen molar-refractivity contribution < 1.29 is 13.2 Å². The number of piperazine rings is 1. The van der Waals surface area contributed by atoms with Crippen LogP contribution in [0, 0.1) is 13.8 Å². The summed E-state index contributed by atoms with van der Waals surface area (Å²) >= 11 is 0. The predicted octanol–water partition coefficient (Wildman–Crippen LogP) is 2.31. The first-order valence-corrected chi connectivity index (χ1v) is 9.88. The topological polar surface area (TPSA) is 66.5 Å². The summed E-state index contributed by atoms with van der Waals surface area (Å²) in [4.78, 5) is 12.5. The van der Waals surface area contributed by atoms with Crippen LogP contribution in [-0.2, 0) is 20.6 Å². The van der Waals surface area contributed by atoms with Gasteiger partial charge >= 0.3 is 0 Å². The zero-order chi connectivity index (χ0) is 18.0. The maximum atomic E-state index is 13.1. The van der Waals surface area contributed by atoms with Crippen LogP contribution in [0.1, 0.15) is 28.3 Å². The second-order valence-corrected chi connectivity index (χ2v) is 8.32. The number of carbonyl (C=O) groups is 1. The standard InChI is InChI=1S/C19H22N2O3S/c1-14-6-5-9-16(12-14)18-19(22)20-10-11-21(18)25(23,24)13-17-8-4-3-7-15(17)2/h3-9,12,18H,10-11,13H2,1-2H3,(H,20,22). The van der Waals surface area contributed by atoms with Gasteiger partial charge in [-0.05, 0) is 30.5 Å². The molecule has 3 rings (SSSR count). The van der Waals surface area contributed by atoms with E-state index in [0.29, 0.717) is 12.1 Å². The third-order valence-electron chi connectivity index (χ3n) is 4.48. The number of nitrogens with one attached hydrogen (secondary N) is 1. The Hall–Kier alpha value is -2.18. The van der Waals surface area contributed by atoms with E-state index in [2.05, 4.69) is 5.32 Å². The first kappa shape index (κ1) is 17.6. The van der Waals surface area contributed by atoms with Crippen molar-refractivity contribution in [1.29, 1.82) is 0 Å². The molecule has 1 N–H and O–H groups in total. The molecule has 0 bridgehead atoms. The van der Waals surface area contributed by atoms with Crippen LogP contribution in [0.2, 0.25) is 0 Å². The molecule has 1 heterocycles. The maximum Gasteiger partial charge on any atom is 0.243 e. The molecular weight excluding hydrogens is 336 g/mol. The van der Waals surface area contributed by atoms with Gasteiger partial charge in [0.05, 0.1) is 5.75 Å². The zero-order valence-corrected chi connectivity index (χ0v) is 15.2. The Morgan fingerprint density at radius 3 is 2.60 bits per heavy atom. The number of carbonyl (C=O) groups excluding carboxylic acids is 1. The van der Waals surface area contributed by atoms with Crippen molar-refractivity contribution >= 4 is 15.9 Å². The molecule has 0 radical (unpaired) electrons. The summed E-state index contributed by atoms with van der Waals surface area (Å²) < 4.78 is 27.5. The first-order valence-electron chi connectivity index (χ1n) is 8.27. The summed E-state index contributed by atoms with van der Waals surface area (Å²) in [5.74, 6) is -0.375. The normalized spacial score (nSPS) is 18.8. The highest BCUT2D eigenvalue weighted by Crippen LogP contribution is 2.28. The molecule has 0 spiro atoms. The van der Waals surface area contributed by atoms with Gasteiger partial charge in [0.1, 0.15) is 6.04 Å². The molecule has 1 unspecified atom stereocenters. The molecule has 1 aliphatic rings. The van der Waals surface area contributed by atoms with Gasteiger partial charge in [-0.1, -0.05) is 54.1 Å². The molecule has 1 saturated heterocycles. The molecule has 6 heteroatoms. The molecule has 1 aliphatic heterocycles. The van der Waals surface area contributed by atoms with Gasteiger partial charge in [0.15, 0.2) is 0 Å². The Kier molecular flexibility index (Phi) is 4.92. The summed E-state index contributed by atoms with van der Waals surface area (Å²) in [6.45, 7) is 4.43. The molecule has 2 aromatic rings. The van der Waals surface area contributed by atoms with Crippen LogP contribution < -0.4 is 5.32 Å². The SMILES string of the molecule is Cc1cccc(C2C(=O)NCCN2S(=O)(=O)Cc2ccccc2C)c1. The summed E-state index contributed by atoms with van der Waals surface area (Å²) in [6.07, 6.45) is 0. The van der Waals surface area contributed by atoms with E-state index < -0.39 is 16.1 Å². The lowest BCUT2D eigenvalue weighted by Gasteiger charge is -2.34. The number of rotatable bonds is 4. The molecule has 5 nitrogen and oxygen atoms in total. The van der Waals surface area contributed by atoms with E-state index in [1.54, 1.807) is 6.07 Å². The van der Waals surface area contributed by atoms with Crippen LogP contribution in [0.5, 0.6) is 0 Å². The smallest absolute Gasteiger partial charge is 0.243 e. The molecule has 1 fully saturated rings. The van der Waals surface area contributed by atoms with Crippen LogP contribution in [0.3, 0.4) is 0 Å². The van der Waals surface area contributed by atoms with Crippen molar-refractivity contribution in [1.82, 2.24) is 9.62 Å². The van der Waals surface area contributed by atoms with Crippen LogP contribution in [0.25, 0.3) is 0 Å². The third-order valence-corrected chi connectivity index (χ3v) is 6.27. The highest BCUT2D eigenvalue weighted by molar-refractivity contribution is 7.88. The van der Waals surface area contributed by atoms with Crippen molar-refractivity contribution in [3.05, 3.63) is 70.8 Å². The number of aryl methyl sites for hydroxylation is 2. The van der Waals surface area contributed by atoms with Gasteiger partial charge in [0.25, 0.3) is 0 Å². The van der Waals surface area contributed by atoms with E-state index in [1.165, 1.54) is 4.31 Å². The van der Waals surface area contributed by atoms with Crippen LogP contribution >= 0.6 is 0 Å². The average Bonchev–Trinajstić information content (AvgIpc) is 2.56. The van der Waals surface area contributed by atoms with E-state index >= 15 is 0 Å². The molecule has 1 amide bonds. The van der Waals surface area contributed by atoms with Gasteiger partial charge in [0, 0.05) is 13.1 Å². The lowest BCUT2D eigenvalue weighted by Crippen LogP contribution is -2.52. The Labute approximate surface area is 148 Å². The van der Waals surface area contributed by atoms with Crippen LogP contribution in [-0.4, -0.2) is 31.7 Å². The van der Waals surface area contributed by atoms with E-state index in [0.717, 1.165) is 16.7 Å². The van der Waals surface area contributed by atoms with Gasteiger partial charge in [-0.2, -0.15) is 4.31 Å². The number of amides is 1. The minimum Gasteiger partial charge on any atom is -0.353 e. The largest absolute Gasteiger partial charge is 0.353 e. The second kappa shape index (κ2) is 6.98. The number of hydrogen-bond donors (Lipinski definition) is 1. The highest BCUT2D eigenvalue weighted by Gasteiger charge is 2.38. The maximum absolute atomic E-state index is 13.1. The highest BCUT2D eigenvalue weighted by atomic mass is 32.2. The van der Waals surface area contributed by atoms with Crippen molar-refractivity contribution in [2.24, 2.45) is 0 Å². The monoisotopic (exact) mass is 358 g/mol. The lowest BCUT2D eigenvalue weighted by molar-refractivity contribution is -0.126. The quantitative estimate of drug-likeness (QED) is 0.912. The Morgan fingerprint density at radius 2 is 1.88 bits per heavy atom. The minimum absolute atomic E-state index is 0.102. The van der Waals surface area contributed by atoms with Crippen molar-refractivity contribution in [3.8, 4) is 0 Å². The Balaban J connectivity index is 1.97. The first-order chi connectivity index (χ1) is 11.9. The fourth-order valence-corrected chi connectivity index (χ4v) is 4.95. The number of hydrogen-bond acceptors (Lipinski definition) is 3. The summed E-state index contributed by atoms with van der Waals surface area (Å²) in [5, 5.41) is 2.78. The number of nitrogens with zero attached hydrogens (tertiary/aromatic N) is 1. The molecule has 0 aliphatic carbocycles. The average molecular weight is 358 g/mol. The van der Waals surface area contributed by atoms with Crippen molar-refractivity contribution in [3.63, 3.8) is 0 Å². The van der Waals surface area contributed by atoms with E-state index in [4.69, 9.17) is 0 Å². The van der Waals surface area contributed by atoms with Crippen LogP contribution in [0.15, 0.2) is 48.5 Å². The van der Waals surface area contributed by atoms with Gasteiger partial charge in [-0.15, -0.1) is 0 Å². The summed E-state index contributed by atoms with van der Waals surface area (Å²) in [6, 6.07) is 14.1. The molecule has 0 aromatic heterocycles. The van der Waals surface area contributed by atoms with Gasteiger partial charge in [-0.3, -0.25) is 4.79 Å². The molecular formula is C19H22N2O3S. The minimum atomic E-state index is -3.63. The van der Waals surface area contributed by atoms with E-state index in [1.807, 2.05) is 56.3 Å². The number of sulfonamides is 1. The van der Waals surface area contributed by atoms with Crippen molar-refractivity contribution in [2.75, 3.05) is 13.1 Å². The van der Waals surface area contributed by atoms with Crippen molar-refractivity contribution in [2.45, 2.75) is 25.6 Å². The van der Waals surface area contributed by atoms with Crippen LogP contribution in [0.4, 0.5) is 0 Å². The number of benzene rings is 2. The van der Waals surface area contributed by atoms with E-state index in [-0.39, 0.29) is 18.2 Å². The molecule has 25 heavy (non-hydrogen) atoms. The Morgan fingerprint density at radius 1 is 1.12 bits per heavy atom. The van der Waals surface area contributed by atoms with Gasteiger partial charge in [-0.25, -0.2) is 8.42 Å². The zero-order valence-electron chi connectivity index (χ0n) is 14.4. The predicted molar refractivity (Wildman–Crippen MR) is 97.4 cm³/mol. The molecule has 132 valence electrons.